The Morgan fingerprint density at radius 2 is 1.65 bits per heavy atom. The molecule has 1 heterocycles. The lowest BCUT2D eigenvalue weighted by molar-refractivity contribution is 0.471. The molecule has 3 rings (SSSR count). The van der Waals surface area contributed by atoms with Gasteiger partial charge in [0.25, 0.3) is 0 Å². The number of rotatable bonds is 3. The summed E-state index contributed by atoms with van der Waals surface area (Å²) in [5.41, 5.74) is 2.25. The molecule has 1 fully saturated rings. The Hall–Kier alpha value is -1.84. The van der Waals surface area contributed by atoms with Crippen LogP contribution in [-0.4, -0.2) is 20.8 Å². The first-order valence-electron chi connectivity index (χ1n) is 7.63. The van der Waals surface area contributed by atoms with Gasteiger partial charge in [-0.3, -0.25) is 0 Å². The predicted octanol–water partition coefficient (Wildman–Crippen LogP) is 3.79. The highest BCUT2D eigenvalue weighted by molar-refractivity contribution is 5.49. The van der Waals surface area contributed by atoms with E-state index >= 15 is 0 Å². The average molecular weight is 270 g/mol. The van der Waals surface area contributed by atoms with Crippen molar-refractivity contribution in [3.63, 3.8) is 0 Å². The lowest BCUT2D eigenvalue weighted by atomic mass is 9.96. The molecule has 106 valence electrons. The third-order valence-corrected chi connectivity index (χ3v) is 4.03. The van der Waals surface area contributed by atoms with Gasteiger partial charge >= 0.3 is 0 Å². The summed E-state index contributed by atoms with van der Waals surface area (Å²) in [7, 11) is 0. The van der Waals surface area contributed by atoms with E-state index in [0.29, 0.717) is 6.04 Å². The van der Waals surface area contributed by atoms with Crippen LogP contribution < -0.4 is 5.32 Å². The molecule has 1 aliphatic carbocycles. The first-order valence-corrected chi connectivity index (χ1v) is 7.63. The Morgan fingerprint density at radius 3 is 2.30 bits per heavy atom. The molecule has 0 unspecified atom stereocenters. The molecular weight excluding hydrogens is 248 g/mol. The zero-order valence-corrected chi connectivity index (χ0v) is 11.8. The molecule has 2 aromatic rings. The van der Waals surface area contributed by atoms with Crippen molar-refractivity contribution in [1.29, 1.82) is 0 Å². The van der Waals surface area contributed by atoms with Gasteiger partial charge in [-0.25, -0.2) is 9.67 Å². The summed E-state index contributed by atoms with van der Waals surface area (Å²) < 4.78 is 1.78. The van der Waals surface area contributed by atoms with Gasteiger partial charge < -0.3 is 5.32 Å². The molecule has 1 aromatic heterocycles. The molecule has 0 amide bonds. The van der Waals surface area contributed by atoms with E-state index in [0.717, 1.165) is 5.69 Å². The summed E-state index contributed by atoms with van der Waals surface area (Å²) in [4.78, 5) is 3.97. The fraction of sp³-hybridized carbons (Fsp3) is 0.500. The maximum absolute atomic E-state index is 4.14. The summed E-state index contributed by atoms with van der Waals surface area (Å²) in [6, 6.07) is 9.07. The van der Waals surface area contributed by atoms with Gasteiger partial charge in [0.1, 0.15) is 12.7 Å². The maximum Gasteiger partial charge on any atom is 0.138 e. The highest BCUT2D eigenvalue weighted by Crippen LogP contribution is 2.21. The van der Waals surface area contributed by atoms with E-state index in [1.54, 1.807) is 17.3 Å². The molecule has 1 saturated carbocycles. The van der Waals surface area contributed by atoms with E-state index in [1.807, 2.05) is 0 Å². The molecule has 1 N–H and O–H groups in total. The van der Waals surface area contributed by atoms with Crippen LogP contribution in [-0.2, 0) is 0 Å². The molecule has 0 bridgehead atoms. The number of benzene rings is 1. The van der Waals surface area contributed by atoms with Crippen LogP contribution in [0.15, 0.2) is 36.9 Å². The van der Waals surface area contributed by atoms with Crippen molar-refractivity contribution >= 4 is 5.69 Å². The second-order valence-electron chi connectivity index (χ2n) is 5.57. The Morgan fingerprint density at radius 1 is 0.950 bits per heavy atom. The minimum Gasteiger partial charge on any atom is -0.382 e. The smallest absolute Gasteiger partial charge is 0.138 e. The monoisotopic (exact) mass is 270 g/mol. The maximum atomic E-state index is 4.14. The highest BCUT2D eigenvalue weighted by atomic mass is 15.3. The average Bonchev–Trinajstić information content (AvgIpc) is 2.96. The second kappa shape index (κ2) is 6.55. The van der Waals surface area contributed by atoms with Gasteiger partial charge in [-0.15, -0.1) is 0 Å². The number of hydrogen-bond donors (Lipinski definition) is 1. The van der Waals surface area contributed by atoms with Gasteiger partial charge in [0.15, 0.2) is 0 Å². The van der Waals surface area contributed by atoms with Gasteiger partial charge in [0, 0.05) is 11.7 Å². The largest absolute Gasteiger partial charge is 0.382 e. The van der Waals surface area contributed by atoms with Crippen LogP contribution in [0.3, 0.4) is 0 Å². The molecule has 4 heteroatoms. The van der Waals surface area contributed by atoms with E-state index in [2.05, 4.69) is 39.7 Å². The fourth-order valence-electron chi connectivity index (χ4n) is 2.89. The van der Waals surface area contributed by atoms with Crippen molar-refractivity contribution in [3.8, 4) is 5.69 Å². The van der Waals surface area contributed by atoms with Crippen molar-refractivity contribution < 1.29 is 0 Å². The molecule has 0 radical (unpaired) electrons. The first kappa shape index (κ1) is 13.2. The van der Waals surface area contributed by atoms with Crippen LogP contribution in [0.1, 0.15) is 44.9 Å². The van der Waals surface area contributed by atoms with Gasteiger partial charge in [-0.1, -0.05) is 32.1 Å². The molecule has 1 aromatic carbocycles. The van der Waals surface area contributed by atoms with Crippen molar-refractivity contribution in [3.05, 3.63) is 36.9 Å². The molecule has 1 aliphatic rings. The Labute approximate surface area is 120 Å². The summed E-state index contributed by atoms with van der Waals surface area (Å²) in [5.74, 6) is 0. The van der Waals surface area contributed by atoms with E-state index < -0.39 is 0 Å². The van der Waals surface area contributed by atoms with Gasteiger partial charge in [0.2, 0.25) is 0 Å². The van der Waals surface area contributed by atoms with E-state index in [4.69, 9.17) is 0 Å². The summed E-state index contributed by atoms with van der Waals surface area (Å²) in [6.45, 7) is 0. The summed E-state index contributed by atoms with van der Waals surface area (Å²) >= 11 is 0. The van der Waals surface area contributed by atoms with Crippen molar-refractivity contribution in [1.82, 2.24) is 14.8 Å². The zero-order valence-electron chi connectivity index (χ0n) is 11.8. The van der Waals surface area contributed by atoms with Crippen LogP contribution in [0.2, 0.25) is 0 Å². The van der Waals surface area contributed by atoms with Crippen LogP contribution in [0, 0.1) is 0 Å². The van der Waals surface area contributed by atoms with Crippen molar-refractivity contribution in [2.75, 3.05) is 5.32 Å². The molecular formula is C16H22N4. The first-order chi connectivity index (χ1) is 9.92. The number of aromatic nitrogens is 3. The topological polar surface area (TPSA) is 42.7 Å². The number of hydrogen-bond acceptors (Lipinski definition) is 3. The third kappa shape index (κ3) is 3.38. The molecule has 20 heavy (non-hydrogen) atoms. The van der Waals surface area contributed by atoms with Crippen LogP contribution in [0.4, 0.5) is 5.69 Å². The molecule has 0 aliphatic heterocycles. The summed E-state index contributed by atoms with van der Waals surface area (Å²) in [5, 5.41) is 7.82. The van der Waals surface area contributed by atoms with E-state index in [1.165, 1.54) is 50.6 Å². The van der Waals surface area contributed by atoms with E-state index in [9.17, 15) is 0 Å². The van der Waals surface area contributed by atoms with Crippen LogP contribution >= 0.6 is 0 Å². The number of nitrogens with zero attached hydrogens (tertiary/aromatic N) is 3. The summed E-state index contributed by atoms with van der Waals surface area (Å²) in [6.07, 6.45) is 12.8. The predicted molar refractivity (Wildman–Crippen MR) is 81.1 cm³/mol. The SMILES string of the molecule is c1ncn(-c2ccc(NC3CCCCCCC3)cc2)n1. The molecule has 0 saturated heterocycles. The quantitative estimate of drug-likeness (QED) is 0.922. The normalized spacial score (nSPS) is 17.4. The van der Waals surface area contributed by atoms with Crippen LogP contribution in [0.5, 0.6) is 0 Å². The molecule has 0 atom stereocenters. The van der Waals surface area contributed by atoms with Gasteiger partial charge in [-0.05, 0) is 37.1 Å². The Kier molecular flexibility index (Phi) is 4.31. The highest BCUT2D eigenvalue weighted by Gasteiger charge is 2.10. The standard InChI is InChI=1S/C16H22N4/c1-2-4-6-14(7-5-3-1)19-15-8-10-16(11-9-15)20-13-17-12-18-20/h8-14,19H,1-7H2. The zero-order chi connectivity index (χ0) is 13.6. The lowest BCUT2D eigenvalue weighted by Gasteiger charge is -2.22. The molecule has 4 nitrogen and oxygen atoms in total. The van der Waals surface area contributed by atoms with Gasteiger partial charge in [0.05, 0.1) is 5.69 Å². The Bertz CT molecular complexity index is 496. The molecule has 0 spiro atoms. The van der Waals surface area contributed by atoms with Crippen molar-refractivity contribution in [2.24, 2.45) is 0 Å². The third-order valence-electron chi connectivity index (χ3n) is 4.03. The van der Waals surface area contributed by atoms with Crippen LogP contribution in [0.25, 0.3) is 5.69 Å². The minimum atomic E-state index is 0.632. The Balaban J connectivity index is 1.62. The van der Waals surface area contributed by atoms with Gasteiger partial charge in [-0.2, -0.15) is 5.10 Å². The minimum absolute atomic E-state index is 0.632. The van der Waals surface area contributed by atoms with E-state index in [-0.39, 0.29) is 0 Å². The van der Waals surface area contributed by atoms with Crippen molar-refractivity contribution in [2.45, 2.75) is 51.0 Å². The second-order valence-corrected chi connectivity index (χ2v) is 5.57. The number of nitrogens with one attached hydrogen (secondary N) is 1. The number of anilines is 1. The lowest BCUT2D eigenvalue weighted by Crippen LogP contribution is -2.20. The fourth-order valence-corrected chi connectivity index (χ4v) is 2.89.